The molecule has 0 amide bonds. The molecule has 0 aliphatic heterocycles. The number of hydrogen-bond acceptors (Lipinski definition) is 3. The normalized spacial score (nSPS) is 8.71. The predicted molar refractivity (Wildman–Crippen MR) is 47.7 cm³/mol. The van der Waals surface area contributed by atoms with Gasteiger partial charge in [0.1, 0.15) is 5.69 Å². The highest BCUT2D eigenvalue weighted by molar-refractivity contribution is 5.88. The van der Waals surface area contributed by atoms with Crippen LogP contribution in [-0.2, 0) is 9.53 Å². The molecule has 0 aromatic carbocycles. The van der Waals surface area contributed by atoms with Crippen LogP contribution in [0.25, 0.3) is 0 Å². The molecule has 1 aromatic rings. The Kier molecular flexibility index (Phi) is 3.62. The first-order valence-electron chi connectivity index (χ1n) is 4.03. The molecule has 1 aromatic heterocycles. The zero-order valence-electron chi connectivity index (χ0n) is 7.58. The second kappa shape index (κ2) is 4.97. The minimum Gasteiger partial charge on any atom is -0.456 e. The topological polar surface area (TPSA) is 39.2 Å². The van der Waals surface area contributed by atoms with E-state index >= 15 is 0 Å². The summed E-state index contributed by atoms with van der Waals surface area (Å²) in [5.74, 6) is 3.18. The Bertz CT molecular complexity index is 393. The molecule has 0 atom stereocenters. The van der Waals surface area contributed by atoms with Gasteiger partial charge in [-0.1, -0.05) is 0 Å². The van der Waals surface area contributed by atoms with Crippen molar-refractivity contribution in [1.82, 2.24) is 4.98 Å². The van der Waals surface area contributed by atoms with Gasteiger partial charge in [0.05, 0.1) is 6.61 Å². The molecule has 0 bridgehead atoms. The van der Waals surface area contributed by atoms with E-state index in [1.807, 2.05) is 0 Å². The molecular weight excluding hydrogens is 185 g/mol. The smallest absolute Gasteiger partial charge is 0.384 e. The maximum atomic E-state index is 12.9. The van der Waals surface area contributed by atoms with E-state index in [-0.39, 0.29) is 12.3 Å². The van der Waals surface area contributed by atoms with Crippen molar-refractivity contribution < 1.29 is 13.9 Å². The van der Waals surface area contributed by atoms with Crippen LogP contribution in [0.3, 0.4) is 0 Å². The fraction of sp³-hybridized carbons (Fsp3) is 0.200. The average Bonchev–Trinajstić information content (AvgIpc) is 2.17. The second-order valence-corrected chi connectivity index (χ2v) is 2.30. The van der Waals surface area contributed by atoms with E-state index < -0.39 is 11.8 Å². The van der Waals surface area contributed by atoms with Crippen LogP contribution in [0.5, 0.6) is 0 Å². The predicted octanol–water partition coefficient (Wildman–Crippen LogP) is 1.14. The zero-order valence-corrected chi connectivity index (χ0v) is 7.58. The number of halogens is 1. The minimum absolute atomic E-state index is 0.0550. The molecule has 0 N–H and O–H groups in total. The van der Waals surface area contributed by atoms with Gasteiger partial charge in [0.2, 0.25) is 0 Å². The number of esters is 1. The van der Waals surface area contributed by atoms with Crippen molar-refractivity contribution in [3.05, 3.63) is 29.8 Å². The third-order valence-corrected chi connectivity index (χ3v) is 1.32. The van der Waals surface area contributed by atoms with Crippen LogP contribution in [0, 0.1) is 17.7 Å². The highest BCUT2D eigenvalue weighted by atomic mass is 19.1. The minimum atomic E-state index is -0.683. The second-order valence-electron chi connectivity index (χ2n) is 2.30. The number of rotatable bonds is 1. The lowest BCUT2D eigenvalue weighted by atomic mass is 10.3. The maximum Gasteiger partial charge on any atom is 0.384 e. The molecule has 0 radical (unpaired) electrons. The molecular formula is C10H8FNO2. The first kappa shape index (κ1) is 10.2. The lowest BCUT2D eigenvalue weighted by Crippen LogP contribution is -2.00. The molecule has 0 aliphatic rings. The number of hydrogen-bond donors (Lipinski definition) is 0. The molecule has 1 rings (SSSR count). The van der Waals surface area contributed by atoms with Crippen LogP contribution < -0.4 is 0 Å². The van der Waals surface area contributed by atoms with Crippen molar-refractivity contribution in [2.24, 2.45) is 0 Å². The van der Waals surface area contributed by atoms with Crippen molar-refractivity contribution in [2.75, 3.05) is 6.61 Å². The van der Waals surface area contributed by atoms with Gasteiger partial charge < -0.3 is 4.74 Å². The van der Waals surface area contributed by atoms with E-state index in [0.717, 1.165) is 0 Å². The van der Waals surface area contributed by atoms with Gasteiger partial charge in [-0.3, -0.25) is 0 Å². The summed E-state index contributed by atoms with van der Waals surface area (Å²) in [5.41, 5.74) is -0.0550. The highest BCUT2D eigenvalue weighted by Gasteiger charge is 1.98. The summed E-state index contributed by atoms with van der Waals surface area (Å²) in [4.78, 5) is 14.4. The van der Waals surface area contributed by atoms with Crippen molar-refractivity contribution in [2.45, 2.75) is 6.92 Å². The Balaban J connectivity index is 2.77. The zero-order chi connectivity index (χ0) is 10.4. The molecule has 0 aliphatic carbocycles. The van der Waals surface area contributed by atoms with Crippen LogP contribution in [0.15, 0.2) is 18.3 Å². The fourth-order valence-corrected chi connectivity index (χ4v) is 0.755. The molecule has 3 nitrogen and oxygen atoms in total. The van der Waals surface area contributed by atoms with Crippen LogP contribution in [0.2, 0.25) is 0 Å². The van der Waals surface area contributed by atoms with Crippen molar-refractivity contribution in [1.29, 1.82) is 0 Å². The molecule has 0 saturated heterocycles. The summed E-state index contributed by atoms with van der Waals surface area (Å²) in [7, 11) is 0. The van der Waals surface area contributed by atoms with Crippen LogP contribution in [0.1, 0.15) is 12.6 Å². The molecule has 1 heterocycles. The molecule has 14 heavy (non-hydrogen) atoms. The standard InChI is InChI=1S/C10H8FNO2/c1-2-14-10(13)6-5-9-8(11)4-3-7-12-9/h3-4,7H,2H2,1H3. The van der Waals surface area contributed by atoms with Gasteiger partial charge >= 0.3 is 5.97 Å². The summed E-state index contributed by atoms with van der Waals surface area (Å²) in [6, 6.07) is 2.67. The van der Waals surface area contributed by atoms with Crippen LogP contribution >= 0.6 is 0 Å². The monoisotopic (exact) mass is 193 g/mol. The van der Waals surface area contributed by atoms with Gasteiger partial charge in [0.15, 0.2) is 5.82 Å². The number of carbonyl (C=O) groups is 1. The average molecular weight is 193 g/mol. The SMILES string of the molecule is CCOC(=O)C#Cc1ncccc1F. The van der Waals surface area contributed by atoms with Gasteiger partial charge in [-0.25, -0.2) is 14.2 Å². The van der Waals surface area contributed by atoms with Crippen LogP contribution in [0.4, 0.5) is 4.39 Å². The molecule has 0 spiro atoms. The fourth-order valence-electron chi connectivity index (χ4n) is 0.755. The first-order valence-corrected chi connectivity index (χ1v) is 4.03. The molecule has 0 saturated carbocycles. The van der Waals surface area contributed by atoms with E-state index in [0.29, 0.717) is 0 Å². The number of aromatic nitrogens is 1. The van der Waals surface area contributed by atoms with E-state index in [1.165, 1.54) is 18.3 Å². The lowest BCUT2D eigenvalue weighted by molar-refractivity contribution is -0.136. The summed E-state index contributed by atoms with van der Waals surface area (Å²) in [6.45, 7) is 1.92. The Morgan fingerprint density at radius 3 is 3.14 bits per heavy atom. The van der Waals surface area contributed by atoms with Gasteiger partial charge in [-0.05, 0) is 25.0 Å². The molecule has 0 unspecified atom stereocenters. The van der Waals surface area contributed by atoms with E-state index in [2.05, 4.69) is 21.6 Å². The van der Waals surface area contributed by atoms with Gasteiger partial charge in [-0.2, -0.15) is 0 Å². The molecule has 72 valence electrons. The Morgan fingerprint density at radius 2 is 2.50 bits per heavy atom. The summed E-state index contributed by atoms with van der Waals surface area (Å²) >= 11 is 0. The van der Waals surface area contributed by atoms with E-state index in [9.17, 15) is 9.18 Å². The third kappa shape index (κ3) is 2.87. The molecule has 0 fully saturated rings. The quantitative estimate of drug-likeness (QED) is 0.496. The maximum absolute atomic E-state index is 12.9. The molecule has 4 heteroatoms. The Labute approximate surface area is 80.9 Å². The van der Waals surface area contributed by atoms with Crippen LogP contribution in [-0.4, -0.2) is 17.6 Å². The number of carbonyl (C=O) groups excluding carboxylic acids is 1. The summed E-state index contributed by atoms with van der Waals surface area (Å²) in [5, 5.41) is 0. The van der Waals surface area contributed by atoms with Gasteiger partial charge in [-0.15, -0.1) is 0 Å². The highest BCUT2D eigenvalue weighted by Crippen LogP contribution is 1.99. The number of nitrogens with zero attached hydrogens (tertiary/aromatic N) is 1. The van der Waals surface area contributed by atoms with E-state index in [1.54, 1.807) is 6.92 Å². The Hall–Kier alpha value is -1.89. The Morgan fingerprint density at radius 1 is 1.71 bits per heavy atom. The van der Waals surface area contributed by atoms with Crippen molar-refractivity contribution in [3.63, 3.8) is 0 Å². The summed E-state index contributed by atoms with van der Waals surface area (Å²) < 4.78 is 17.4. The summed E-state index contributed by atoms with van der Waals surface area (Å²) in [6.07, 6.45) is 1.40. The van der Waals surface area contributed by atoms with E-state index in [4.69, 9.17) is 0 Å². The number of ether oxygens (including phenoxy) is 1. The third-order valence-electron chi connectivity index (χ3n) is 1.32. The van der Waals surface area contributed by atoms with Crippen molar-refractivity contribution in [3.8, 4) is 11.8 Å². The van der Waals surface area contributed by atoms with Gasteiger partial charge in [0.25, 0.3) is 0 Å². The lowest BCUT2D eigenvalue weighted by Gasteiger charge is -1.92. The first-order chi connectivity index (χ1) is 6.74. The van der Waals surface area contributed by atoms with Crippen molar-refractivity contribution >= 4 is 5.97 Å². The number of pyridine rings is 1. The largest absolute Gasteiger partial charge is 0.456 e. The van der Waals surface area contributed by atoms with Gasteiger partial charge in [0, 0.05) is 12.1 Å².